The minimum Gasteiger partial charge on any atom is -0.463 e. The Morgan fingerprint density at radius 3 is 2.28 bits per heavy atom. The predicted octanol–water partition coefficient (Wildman–Crippen LogP) is 3.07. The molecule has 0 heterocycles. The number of Topliss-reactive ketones (excluding diaryl/α,β-unsaturated/α-hetero) is 1. The van der Waals surface area contributed by atoms with Gasteiger partial charge in [0.05, 0.1) is 12.2 Å². The van der Waals surface area contributed by atoms with Crippen molar-refractivity contribution < 1.29 is 18.7 Å². The molecule has 3 nitrogen and oxygen atoms in total. The Kier molecular flexibility index (Phi) is 5.24. The Labute approximate surface area is 105 Å². The van der Waals surface area contributed by atoms with E-state index in [1.165, 1.54) is 12.1 Å². The smallest absolute Gasteiger partial charge is 0.337 e. The molecule has 0 atom stereocenters. The van der Waals surface area contributed by atoms with E-state index in [0.717, 1.165) is 0 Å². The van der Waals surface area contributed by atoms with E-state index in [-0.39, 0.29) is 24.2 Å². The van der Waals surface area contributed by atoms with E-state index in [2.05, 4.69) is 0 Å². The van der Waals surface area contributed by atoms with Crippen LogP contribution in [0.1, 0.15) is 30.6 Å². The fourth-order valence-electron chi connectivity index (χ4n) is 1.46. The number of benzene rings is 1. The molecule has 0 aliphatic carbocycles. The second kappa shape index (κ2) is 6.69. The van der Waals surface area contributed by atoms with Crippen LogP contribution in [-0.2, 0) is 9.53 Å². The van der Waals surface area contributed by atoms with Crippen LogP contribution in [0.3, 0.4) is 0 Å². The number of hydrogen-bond donors (Lipinski definition) is 0. The zero-order chi connectivity index (χ0) is 13.5. The van der Waals surface area contributed by atoms with Crippen molar-refractivity contribution in [2.24, 2.45) is 0 Å². The molecular formula is C14H15FO3. The first-order chi connectivity index (χ1) is 8.61. The van der Waals surface area contributed by atoms with E-state index in [1.54, 1.807) is 32.0 Å². The molecule has 0 unspecified atom stereocenters. The maximum atomic E-state index is 13.9. The molecule has 96 valence electrons. The van der Waals surface area contributed by atoms with E-state index in [9.17, 15) is 14.0 Å². The molecule has 1 aromatic rings. The number of allylic oxidation sites excluding steroid dienone is 1. The average Bonchev–Trinajstić information content (AvgIpc) is 2.40. The first-order valence-electron chi connectivity index (χ1n) is 5.77. The lowest BCUT2D eigenvalue weighted by Gasteiger charge is -2.06. The standard InChI is InChI=1S/C14H15FO3/c1-3-11(14(17)18-4-2)12(15)13(16)10-8-6-5-7-9-10/h5-9H,3-4H2,1-2H3/b12-11+. The molecule has 0 amide bonds. The van der Waals surface area contributed by atoms with Crippen LogP contribution < -0.4 is 0 Å². The molecule has 1 aromatic carbocycles. The Balaban J connectivity index is 3.05. The summed E-state index contributed by atoms with van der Waals surface area (Å²) in [7, 11) is 0. The molecule has 0 bridgehead atoms. The summed E-state index contributed by atoms with van der Waals surface area (Å²) in [6.07, 6.45) is 0.114. The van der Waals surface area contributed by atoms with Crippen LogP contribution in [-0.4, -0.2) is 18.4 Å². The highest BCUT2D eigenvalue weighted by Gasteiger charge is 2.21. The van der Waals surface area contributed by atoms with Gasteiger partial charge in [0.1, 0.15) is 0 Å². The van der Waals surface area contributed by atoms with Crippen LogP contribution in [0.4, 0.5) is 4.39 Å². The van der Waals surface area contributed by atoms with Crippen molar-refractivity contribution in [3.63, 3.8) is 0 Å². The van der Waals surface area contributed by atoms with Gasteiger partial charge in [0.15, 0.2) is 5.83 Å². The SMILES string of the molecule is CCOC(=O)/C(CC)=C(/F)C(=O)c1ccccc1. The van der Waals surface area contributed by atoms with Gasteiger partial charge in [0.2, 0.25) is 5.78 Å². The van der Waals surface area contributed by atoms with Crippen molar-refractivity contribution in [3.8, 4) is 0 Å². The molecule has 0 saturated heterocycles. The van der Waals surface area contributed by atoms with Crippen molar-refractivity contribution in [1.82, 2.24) is 0 Å². The molecule has 18 heavy (non-hydrogen) atoms. The molecule has 0 aliphatic heterocycles. The van der Waals surface area contributed by atoms with Gasteiger partial charge in [0, 0.05) is 5.56 Å². The molecule has 0 spiro atoms. The molecule has 1 rings (SSSR count). The third-order valence-corrected chi connectivity index (χ3v) is 2.38. The summed E-state index contributed by atoms with van der Waals surface area (Å²) in [6, 6.07) is 8.00. The monoisotopic (exact) mass is 250 g/mol. The molecule has 0 aliphatic rings. The number of esters is 1. The first kappa shape index (κ1) is 14.1. The van der Waals surface area contributed by atoms with Crippen LogP contribution in [0.2, 0.25) is 0 Å². The maximum absolute atomic E-state index is 13.9. The molecule has 0 aromatic heterocycles. The number of rotatable bonds is 5. The van der Waals surface area contributed by atoms with Crippen LogP contribution in [0.25, 0.3) is 0 Å². The molecule has 0 saturated carbocycles. The van der Waals surface area contributed by atoms with Crippen LogP contribution >= 0.6 is 0 Å². The van der Waals surface area contributed by atoms with Gasteiger partial charge in [-0.05, 0) is 13.3 Å². The molecular weight excluding hydrogens is 235 g/mol. The molecule has 0 radical (unpaired) electrons. The van der Waals surface area contributed by atoms with Crippen molar-refractivity contribution in [1.29, 1.82) is 0 Å². The van der Waals surface area contributed by atoms with E-state index in [0.29, 0.717) is 0 Å². The average molecular weight is 250 g/mol. The Morgan fingerprint density at radius 1 is 1.17 bits per heavy atom. The van der Waals surface area contributed by atoms with Crippen LogP contribution in [0.5, 0.6) is 0 Å². The zero-order valence-corrected chi connectivity index (χ0v) is 10.4. The minimum absolute atomic E-state index is 0.114. The van der Waals surface area contributed by atoms with Crippen LogP contribution in [0.15, 0.2) is 41.7 Å². The number of halogens is 1. The van der Waals surface area contributed by atoms with Crippen molar-refractivity contribution >= 4 is 11.8 Å². The van der Waals surface area contributed by atoms with Gasteiger partial charge in [-0.3, -0.25) is 4.79 Å². The van der Waals surface area contributed by atoms with Gasteiger partial charge >= 0.3 is 5.97 Å². The predicted molar refractivity (Wildman–Crippen MR) is 65.8 cm³/mol. The van der Waals surface area contributed by atoms with Gasteiger partial charge in [-0.15, -0.1) is 0 Å². The highest BCUT2D eigenvalue weighted by molar-refractivity contribution is 6.11. The second-order valence-electron chi connectivity index (χ2n) is 3.56. The highest BCUT2D eigenvalue weighted by Crippen LogP contribution is 2.17. The Hall–Kier alpha value is -1.97. The zero-order valence-electron chi connectivity index (χ0n) is 10.4. The normalized spacial score (nSPS) is 11.7. The van der Waals surface area contributed by atoms with E-state index in [1.807, 2.05) is 0 Å². The summed E-state index contributed by atoms with van der Waals surface area (Å²) in [4.78, 5) is 23.3. The third kappa shape index (κ3) is 3.26. The van der Waals surface area contributed by atoms with Crippen molar-refractivity contribution in [2.45, 2.75) is 20.3 Å². The highest BCUT2D eigenvalue weighted by atomic mass is 19.1. The Morgan fingerprint density at radius 2 is 1.78 bits per heavy atom. The second-order valence-corrected chi connectivity index (χ2v) is 3.56. The Bertz CT molecular complexity index is 463. The fraction of sp³-hybridized carbons (Fsp3) is 0.286. The summed E-state index contributed by atoms with van der Waals surface area (Å²) < 4.78 is 18.7. The maximum Gasteiger partial charge on any atom is 0.337 e. The van der Waals surface area contributed by atoms with Gasteiger partial charge in [-0.1, -0.05) is 37.3 Å². The van der Waals surface area contributed by atoms with Crippen molar-refractivity contribution in [2.75, 3.05) is 6.61 Å². The lowest BCUT2D eigenvalue weighted by molar-refractivity contribution is -0.138. The lowest BCUT2D eigenvalue weighted by Crippen LogP contribution is -2.12. The number of ether oxygens (including phenoxy) is 1. The number of carbonyl (C=O) groups is 2. The van der Waals surface area contributed by atoms with Gasteiger partial charge in [0.25, 0.3) is 0 Å². The third-order valence-electron chi connectivity index (χ3n) is 2.38. The summed E-state index contributed by atoms with van der Waals surface area (Å²) in [5, 5.41) is 0. The van der Waals surface area contributed by atoms with E-state index in [4.69, 9.17) is 4.74 Å². The van der Waals surface area contributed by atoms with E-state index >= 15 is 0 Å². The molecule has 4 heteroatoms. The summed E-state index contributed by atoms with van der Waals surface area (Å²) in [5.41, 5.74) is -0.00375. The summed E-state index contributed by atoms with van der Waals surface area (Å²) in [6.45, 7) is 3.38. The molecule has 0 fully saturated rings. The molecule has 0 N–H and O–H groups in total. The minimum atomic E-state index is -1.04. The topological polar surface area (TPSA) is 43.4 Å². The fourth-order valence-corrected chi connectivity index (χ4v) is 1.46. The lowest BCUT2D eigenvalue weighted by atomic mass is 10.1. The number of carbonyl (C=O) groups excluding carboxylic acids is 2. The largest absolute Gasteiger partial charge is 0.463 e. The van der Waals surface area contributed by atoms with Crippen LogP contribution in [0, 0.1) is 0 Å². The van der Waals surface area contributed by atoms with Gasteiger partial charge < -0.3 is 4.74 Å². The first-order valence-corrected chi connectivity index (χ1v) is 5.77. The quantitative estimate of drug-likeness (QED) is 0.458. The number of hydrogen-bond acceptors (Lipinski definition) is 3. The summed E-state index contributed by atoms with van der Waals surface area (Å²) in [5.74, 6) is -2.61. The van der Waals surface area contributed by atoms with Crippen molar-refractivity contribution in [3.05, 3.63) is 47.3 Å². The van der Waals surface area contributed by atoms with E-state index < -0.39 is 17.6 Å². The number of ketones is 1. The van der Waals surface area contributed by atoms with Gasteiger partial charge in [-0.25, -0.2) is 9.18 Å². The summed E-state index contributed by atoms with van der Waals surface area (Å²) >= 11 is 0. The van der Waals surface area contributed by atoms with Gasteiger partial charge in [-0.2, -0.15) is 0 Å².